The molecule has 1 fully saturated rings. The van der Waals surface area contributed by atoms with E-state index in [4.69, 9.17) is 9.47 Å². The van der Waals surface area contributed by atoms with Gasteiger partial charge in [-0.3, -0.25) is 0 Å². The molecular formula is C43H39F3O2. The lowest BCUT2D eigenvalue weighted by atomic mass is 9.74. The largest absolute Gasteiger partial charge is 0.393 e. The van der Waals surface area contributed by atoms with Crippen molar-refractivity contribution in [2.75, 3.05) is 19.8 Å². The Morgan fingerprint density at radius 3 is 2.23 bits per heavy atom. The molecule has 0 N–H and O–H groups in total. The second-order valence-corrected chi connectivity index (χ2v) is 14.7. The molecule has 8 rings (SSSR count). The molecule has 0 spiro atoms. The van der Waals surface area contributed by atoms with Crippen LogP contribution in [0.3, 0.4) is 0 Å². The number of epoxide rings is 1. The molecule has 1 aliphatic carbocycles. The summed E-state index contributed by atoms with van der Waals surface area (Å²) in [5, 5.41) is 7.42. The third-order valence-corrected chi connectivity index (χ3v) is 10.5. The van der Waals surface area contributed by atoms with Crippen LogP contribution in [-0.2, 0) is 26.7 Å². The van der Waals surface area contributed by atoms with E-state index < -0.39 is 18.0 Å². The van der Waals surface area contributed by atoms with E-state index in [1.54, 1.807) is 12.1 Å². The number of halogens is 3. The SMILES string of the molecule is C=CC1(CCCOCC2CO2)c2ccc(CC(F)(F)F)cc2-c2ccc(-c3ccc4ccc5cc(C(C)(C)C)cc6ccc3c4c56)cc21. The third kappa shape index (κ3) is 5.28. The highest BCUT2D eigenvalue weighted by Gasteiger charge is 2.41. The number of ether oxygens (including phenoxy) is 2. The molecule has 0 aromatic heterocycles. The molecule has 6 aromatic carbocycles. The molecule has 1 saturated heterocycles. The summed E-state index contributed by atoms with van der Waals surface area (Å²) in [5.74, 6) is 0. The van der Waals surface area contributed by atoms with Gasteiger partial charge in [0.15, 0.2) is 0 Å². The van der Waals surface area contributed by atoms with Crippen molar-refractivity contribution in [2.24, 2.45) is 0 Å². The van der Waals surface area contributed by atoms with E-state index in [0.29, 0.717) is 13.2 Å². The van der Waals surface area contributed by atoms with Crippen LogP contribution in [0.15, 0.2) is 97.6 Å². The molecule has 2 nitrogen and oxygen atoms in total. The van der Waals surface area contributed by atoms with Gasteiger partial charge in [-0.1, -0.05) is 106 Å². The molecule has 2 unspecified atom stereocenters. The average molecular weight is 645 g/mol. The van der Waals surface area contributed by atoms with Gasteiger partial charge in [-0.15, -0.1) is 6.58 Å². The predicted octanol–water partition coefficient (Wildman–Crippen LogP) is 11.3. The summed E-state index contributed by atoms with van der Waals surface area (Å²) in [5.41, 5.74) is 7.21. The zero-order valence-corrected chi connectivity index (χ0v) is 27.6. The minimum absolute atomic E-state index is 0.0422. The quantitative estimate of drug-likeness (QED) is 0.0676. The summed E-state index contributed by atoms with van der Waals surface area (Å²) in [4.78, 5) is 0. The smallest absolute Gasteiger partial charge is 0.379 e. The van der Waals surface area contributed by atoms with Crippen molar-refractivity contribution < 1.29 is 22.6 Å². The maximum Gasteiger partial charge on any atom is 0.393 e. The van der Waals surface area contributed by atoms with Crippen LogP contribution < -0.4 is 0 Å². The van der Waals surface area contributed by atoms with E-state index in [9.17, 15) is 13.2 Å². The van der Waals surface area contributed by atoms with Gasteiger partial charge in [0.05, 0.1) is 19.6 Å². The highest BCUT2D eigenvalue weighted by Crippen LogP contribution is 2.54. The van der Waals surface area contributed by atoms with Crippen molar-refractivity contribution in [2.45, 2.75) is 63.1 Å². The number of hydrogen-bond acceptors (Lipinski definition) is 2. The van der Waals surface area contributed by atoms with Gasteiger partial charge in [0.25, 0.3) is 0 Å². The Kier molecular flexibility index (Phi) is 7.24. The van der Waals surface area contributed by atoms with E-state index in [1.807, 2.05) is 12.1 Å². The molecule has 244 valence electrons. The van der Waals surface area contributed by atoms with E-state index in [1.165, 1.54) is 37.9 Å². The van der Waals surface area contributed by atoms with Gasteiger partial charge in [-0.25, -0.2) is 0 Å². The molecule has 0 amide bonds. The topological polar surface area (TPSA) is 21.8 Å². The Balaban J connectivity index is 1.26. The summed E-state index contributed by atoms with van der Waals surface area (Å²) in [6.45, 7) is 13.0. The molecule has 5 heteroatoms. The standard InChI is InChI=1S/C43H39F3O2/c1-5-42(17-6-18-47-24-32-25-48-32)37-16-7-26(23-43(44,45)46)19-36(37)34-14-11-28(22-38(34)42)33-13-10-27-8-9-29-20-31(41(2,3)4)21-30-12-15-35(33)40(27)39(29)30/h5,7-16,19-22,32H,1,6,17-18,23-25H2,2-4H3. The molecule has 2 aliphatic rings. The molecular weight excluding hydrogens is 605 g/mol. The molecule has 1 aliphatic heterocycles. The first kappa shape index (κ1) is 31.1. The number of hydrogen-bond donors (Lipinski definition) is 0. The van der Waals surface area contributed by atoms with Gasteiger partial charge in [0.1, 0.15) is 6.10 Å². The molecule has 0 bridgehead atoms. The van der Waals surface area contributed by atoms with Gasteiger partial charge < -0.3 is 9.47 Å². The van der Waals surface area contributed by atoms with Crippen molar-refractivity contribution in [3.63, 3.8) is 0 Å². The van der Waals surface area contributed by atoms with Crippen LogP contribution in [0.5, 0.6) is 0 Å². The second-order valence-electron chi connectivity index (χ2n) is 14.7. The number of benzene rings is 6. The summed E-state index contributed by atoms with van der Waals surface area (Å²) in [7, 11) is 0. The monoisotopic (exact) mass is 644 g/mol. The van der Waals surface area contributed by atoms with Crippen molar-refractivity contribution in [1.29, 1.82) is 0 Å². The number of allylic oxidation sites excluding steroid dienone is 1. The molecule has 0 saturated carbocycles. The maximum atomic E-state index is 13.5. The van der Waals surface area contributed by atoms with Crippen molar-refractivity contribution in [3.8, 4) is 22.3 Å². The Hall–Kier alpha value is -4.19. The summed E-state index contributed by atoms with van der Waals surface area (Å²) < 4.78 is 51.6. The molecule has 6 aromatic rings. The fourth-order valence-electron chi connectivity index (χ4n) is 7.93. The van der Waals surface area contributed by atoms with Crippen LogP contribution >= 0.6 is 0 Å². The summed E-state index contributed by atoms with van der Waals surface area (Å²) >= 11 is 0. The van der Waals surface area contributed by atoms with Crippen molar-refractivity contribution in [1.82, 2.24) is 0 Å². The second kappa shape index (κ2) is 11.2. The Morgan fingerprint density at radius 2 is 1.52 bits per heavy atom. The van der Waals surface area contributed by atoms with Crippen LogP contribution in [0.2, 0.25) is 0 Å². The highest BCUT2D eigenvalue weighted by atomic mass is 19.4. The maximum absolute atomic E-state index is 13.5. The van der Waals surface area contributed by atoms with Crippen molar-refractivity contribution in [3.05, 3.63) is 120 Å². The van der Waals surface area contributed by atoms with E-state index in [2.05, 4.69) is 94.1 Å². The first-order chi connectivity index (χ1) is 22.9. The fourth-order valence-corrected chi connectivity index (χ4v) is 7.93. The first-order valence-corrected chi connectivity index (χ1v) is 16.9. The van der Waals surface area contributed by atoms with E-state index in [-0.39, 0.29) is 17.1 Å². The number of alkyl halides is 3. The van der Waals surface area contributed by atoms with Crippen molar-refractivity contribution >= 4 is 32.3 Å². The lowest BCUT2D eigenvalue weighted by molar-refractivity contribution is -0.127. The first-order valence-electron chi connectivity index (χ1n) is 16.9. The van der Waals surface area contributed by atoms with E-state index in [0.717, 1.165) is 52.8 Å². The zero-order chi connectivity index (χ0) is 33.4. The predicted molar refractivity (Wildman–Crippen MR) is 190 cm³/mol. The lowest BCUT2D eigenvalue weighted by Crippen LogP contribution is -2.23. The third-order valence-electron chi connectivity index (χ3n) is 10.5. The highest BCUT2D eigenvalue weighted by molar-refractivity contribution is 6.25. The van der Waals surface area contributed by atoms with Gasteiger partial charge in [-0.05, 0) is 101 Å². The summed E-state index contributed by atoms with van der Waals surface area (Å²) in [6, 6.07) is 29.7. The molecule has 0 radical (unpaired) electrons. The zero-order valence-electron chi connectivity index (χ0n) is 27.6. The Bertz CT molecular complexity index is 2180. The number of rotatable bonds is 9. The molecule has 1 heterocycles. The van der Waals surface area contributed by atoms with E-state index >= 15 is 0 Å². The van der Waals surface area contributed by atoms with Gasteiger partial charge in [0, 0.05) is 12.0 Å². The summed E-state index contributed by atoms with van der Waals surface area (Å²) in [6.07, 6.45) is -1.52. The van der Waals surface area contributed by atoms with Gasteiger partial charge in [-0.2, -0.15) is 13.2 Å². The minimum atomic E-state index is -4.28. The van der Waals surface area contributed by atoms with Crippen LogP contribution in [0.4, 0.5) is 13.2 Å². The van der Waals surface area contributed by atoms with Crippen LogP contribution in [0.25, 0.3) is 54.6 Å². The Labute approximate surface area is 279 Å². The normalized spacial score (nSPS) is 18.9. The van der Waals surface area contributed by atoms with Crippen LogP contribution in [0, 0.1) is 0 Å². The average Bonchev–Trinajstić information content (AvgIpc) is 3.84. The van der Waals surface area contributed by atoms with Crippen LogP contribution in [0.1, 0.15) is 55.9 Å². The Morgan fingerprint density at radius 1 is 0.812 bits per heavy atom. The fraction of sp³-hybridized carbons (Fsp3) is 0.302. The lowest BCUT2D eigenvalue weighted by Gasteiger charge is -2.29. The molecule has 48 heavy (non-hydrogen) atoms. The van der Waals surface area contributed by atoms with Gasteiger partial charge >= 0.3 is 6.18 Å². The van der Waals surface area contributed by atoms with Crippen LogP contribution in [-0.4, -0.2) is 32.1 Å². The minimum Gasteiger partial charge on any atom is -0.379 e. The van der Waals surface area contributed by atoms with Gasteiger partial charge in [0.2, 0.25) is 0 Å². The number of fused-ring (bicyclic) bond motifs is 3. The molecule has 2 atom stereocenters.